The summed E-state index contributed by atoms with van der Waals surface area (Å²) in [5.41, 5.74) is 2.26. The SMILES string of the molecule is Cc1ccc(NC(=O)Nc2cc(S(=O)(=O)C(F)F)ccc2C)cc1. The maximum Gasteiger partial charge on any atom is 0.341 e. The van der Waals surface area contributed by atoms with Gasteiger partial charge >= 0.3 is 11.8 Å². The van der Waals surface area contributed by atoms with Crippen molar-refractivity contribution in [2.24, 2.45) is 0 Å². The minimum absolute atomic E-state index is 0.140. The maximum atomic E-state index is 12.6. The van der Waals surface area contributed by atoms with Crippen LogP contribution in [0.1, 0.15) is 11.1 Å². The molecule has 8 heteroatoms. The lowest BCUT2D eigenvalue weighted by Crippen LogP contribution is -2.20. The highest BCUT2D eigenvalue weighted by molar-refractivity contribution is 7.91. The first-order valence-corrected chi connectivity index (χ1v) is 8.52. The highest BCUT2D eigenvalue weighted by Gasteiger charge is 2.27. The number of hydrogen-bond acceptors (Lipinski definition) is 3. The molecule has 0 aliphatic carbocycles. The van der Waals surface area contributed by atoms with Crippen LogP contribution in [0.2, 0.25) is 0 Å². The van der Waals surface area contributed by atoms with E-state index in [1.807, 2.05) is 19.1 Å². The molecule has 0 bridgehead atoms. The molecule has 0 aliphatic heterocycles. The van der Waals surface area contributed by atoms with Crippen LogP contribution in [-0.4, -0.2) is 20.2 Å². The Morgan fingerprint density at radius 3 is 2.21 bits per heavy atom. The van der Waals surface area contributed by atoms with Crippen molar-refractivity contribution >= 4 is 27.2 Å². The second kappa shape index (κ2) is 6.96. The van der Waals surface area contributed by atoms with Crippen LogP contribution in [0.4, 0.5) is 25.0 Å². The molecule has 0 aromatic heterocycles. The van der Waals surface area contributed by atoms with Crippen LogP contribution in [0.15, 0.2) is 47.4 Å². The number of sulfone groups is 1. The molecule has 0 heterocycles. The van der Waals surface area contributed by atoms with E-state index in [0.717, 1.165) is 17.7 Å². The number of halogens is 2. The zero-order valence-corrected chi connectivity index (χ0v) is 13.8. The normalized spacial score (nSPS) is 11.4. The lowest BCUT2D eigenvalue weighted by molar-refractivity contribution is 0.235. The molecule has 0 atom stereocenters. The molecule has 2 aromatic carbocycles. The van der Waals surface area contributed by atoms with Crippen molar-refractivity contribution in [2.45, 2.75) is 24.5 Å². The number of urea groups is 1. The summed E-state index contributed by atoms with van der Waals surface area (Å²) in [4.78, 5) is 11.4. The summed E-state index contributed by atoms with van der Waals surface area (Å²) >= 11 is 0. The predicted octanol–water partition coefficient (Wildman–Crippen LogP) is 3.94. The first-order chi connectivity index (χ1) is 11.2. The van der Waals surface area contributed by atoms with E-state index in [1.165, 1.54) is 6.07 Å². The molecule has 0 radical (unpaired) electrons. The Hall–Kier alpha value is -2.48. The number of carbonyl (C=O) groups excluding carboxylic acids is 1. The molecule has 2 rings (SSSR count). The third kappa shape index (κ3) is 4.08. The number of rotatable bonds is 4. The molecule has 0 saturated heterocycles. The quantitative estimate of drug-likeness (QED) is 0.873. The van der Waals surface area contributed by atoms with E-state index in [4.69, 9.17) is 0 Å². The summed E-state index contributed by atoms with van der Waals surface area (Å²) in [5.74, 6) is -3.52. The number of alkyl halides is 2. The number of aryl methyl sites for hydroxylation is 2. The van der Waals surface area contributed by atoms with Gasteiger partial charge in [-0.05, 0) is 43.7 Å². The summed E-state index contributed by atoms with van der Waals surface area (Å²) in [5, 5.41) is 5.04. The second-order valence-electron chi connectivity index (χ2n) is 5.23. The van der Waals surface area contributed by atoms with Crippen molar-refractivity contribution in [3.05, 3.63) is 53.6 Å². The molecule has 0 spiro atoms. The van der Waals surface area contributed by atoms with E-state index in [0.29, 0.717) is 11.3 Å². The number of anilines is 2. The Morgan fingerprint density at radius 1 is 1.00 bits per heavy atom. The number of hydrogen-bond donors (Lipinski definition) is 2. The molecule has 2 N–H and O–H groups in total. The smallest absolute Gasteiger partial charge is 0.308 e. The van der Waals surface area contributed by atoms with Crippen molar-refractivity contribution in [2.75, 3.05) is 10.6 Å². The summed E-state index contributed by atoms with van der Waals surface area (Å²) in [6.07, 6.45) is 0. The van der Waals surface area contributed by atoms with Gasteiger partial charge in [-0.15, -0.1) is 0 Å². The fourth-order valence-corrected chi connectivity index (χ4v) is 2.68. The van der Waals surface area contributed by atoms with E-state index < -0.39 is 26.5 Å². The number of amides is 2. The lowest BCUT2D eigenvalue weighted by Gasteiger charge is -2.12. The van der Waals surface area contributed by atoms with E-state index in [-0.39, 0.29) is 5.69 Å². The van der Waals surface area contributed by atoms with Gasteiger partial charge in [0.15, 0.2) is 0 Å². The van der Waals surface area contributed by atoms with E-state index >= 15 is 0 Å². The van der Waals surface area contributed by atoms with Crippen molar-refractivity contribution in [3.63, 3.8) is 0 Å². The summed E-state index contributed by atoms with van der Waals surface area (Å²) in [6.45, 7) is 3.53. The zero-order valence-electron chi connectivity index (χ0n) is 13.0. The van der Waals surface area contributed by atoms with Crippen LogP contribution in [0.5, 0.6) is 0 Å². The molecule has 2 aromatic rings. The summed E-state index contributed by atoms with van der Waals surface area (Å²) in [6, 6.07) is 9.91. The van der Waals surface area contributed by atoms with Crippen molar-refractivity contribution < 1.29 is 22.0 Å². The number of benzene rings is 2. The molecule has 2 amide bonds. The fraction of sp³-hybridized carbons (Fsp3) is 0.188. The Labute approximate surface area is 138 Å². The molecular formula is C16H16F2N2O3S. The van der Waals surface area contributed by atoms with Gasteiger partial charge in [0.25, 0.3) is 0 Å². The first kappa shape index (κ1) is 17.9. The van der Waals surface area contributed by atoms with Gasteiger partial charge in [-0.3, -0.25) is 0 Å². The van der Waals surface area contributed by atoms with E-state index in [1.54, 1.807) is 19.1 Å². The van der Waals surface area contributed by atoms with Crippen molar-refractivity contribution in [1.82, 2.24) is 0 Å². The van der Waals surface area contributed by atoms with Crippen LogP contribution in [0, 0.1) is 13.8 Å². The van der Waals surface area contributed by atoms with Crippen LogP contribution in [0.3, 0.4) is 0 Å². The minimum Gasteiger partial charge on any atom is -0.308 e. The summed E-state index contributed by atoms with van der Waals surface area (Å²) < 4.78 is 48.3. The Balaban J connectivity index is 2.20. The van der Waals surface area contributed by atoms with Gasteiger partial charge in [-0.1, -0.05) is 23.8 Å². The molecule has 5 nitrogen and oxygen atoms in total. The molecule has 24 heavy (non-hydrogen) atoms. The average Bonchev–Trinajstić information content (AvgIpc) is 2.51. The van der Waals surface area contributed by atoms with Gasteiger partial charge in [-0.25, -0.2) is 13.2 Å². The molecular weight excluding hydrogens is 338 g/mol. The zero-order chi connectivity index (χ0) is 17.9. The summed E-state index contributed by atoms with van der Waals surface area (Å²) in [7, 11) is -4.72. The standard InChI is InChI=1S/C16H16F2N2O3S/c1-10-3-6-12(7-4-10)19-16(21)20-14-9-13(8-5-11(14)2)24(22,23)15(17)18/h3-9,15H,1-2H3,(H2,19,20,21). The highest BCUT2D eigenvalue weighted by atomic mass is 32.2. The molecule has 0 aliphatic rings. The van der Waals surface area contributed by atoms with Crippen LogP contribution in [0.25, 0.3) is 0 Å². The third-order valence-corrected chi connectivity index (χ3v) is 4.71. The average molecular weight is 354 g/mol. The molecule has 0 saturated carbocycles. The van der Waals surface area contributed by atoms with Gasteiger partial charge in [0.2, 0.25) is 9.84 Å². The van der Waals surface area contributed by atoms with Gasteiger partial charge in [0, 0.05) is 11.4 Å². The number of nitrogens with one attached hydrogen (secondary N) is 2. The van der Waals surface area contributed by atoms with Gasteiger partial charge in [-0.2, -0.15) is 8.78 Å². The third-order valence-electron chi connectivity index (χ3n) is 3.33. The van der Waals surface area contributed by atoms with Crippen molar-refractivity contribution in [1.29, 1.82) is 0 Å². The molecule has 0 unspecified atom stereocenters. The van der Waals surface area contributed by atoms with Crippen LogP contribution < -0.4 is 10.6 Å². The first-order valence-electron chi connectivity index (χ1n) is 6.97. The fourth-order valence-electron chi connectivity index (χ4n) is 1.94. The van der Waals surface area contributed by atoms with Crippen LogP contribution >= 0.6 is 0 Å². The Kier molecular flexibility index (Phi) is 5.18. The topological polar surface area (TPSA) is 75.3 Å². The largest absolute Gasteiger partial charge is 0.341 e. The van der Waals surface area contributed by atoms with Crippen LogP contribution in [-0.2, 0) is 9.84 Å². The van der Waals surface area contributed by atoms with Gasteiger partial charge in [0.05, 0.1) is 4.90 Å². The predicted molar refractivity (Wildman–Crippen MR) is 88.2 cm³/mol. The van der Waals surface area contributed by atoms with E-state index in [2.05, 4.69) is 10.6 Å². The highest BCUT2D eigenvalue weighted by Crippen LogP contribution is 2.24. The lowest BCUT2D eigenvalue weighted by atomic mass is 10.2. The van der Waals surface area contributed by atoms with E-state index in [9.17, 15) is 22.0 Å². The molecule has 0 fully saturated rings. The number of carbonyl (C=O) groups is 1. The van der Waals surface area contributed by atoms with Crippen molar-refractivity contribution in [3.8, 4) is 0 Å². The Morgan fingerprint density at radius 2 is 1.62 bits per heavy atom. The maximum absolute atomic E-state index is 12.6. The van der Waals surface area contributed by atoms with Gasteiger partial charge < -0.3 is 10.6 Å². The minimum atomic E-state index is -4.72. The monoisotopic (exact) mass is 354 g/mol. The molecule has 128 valence electrons. The second-order valence-corrected chi connectivity index (χ2v) is 7.15. The van der Waals surface area contributed by atoms with Gasteiger partial charge in [0.1, 0.15) is 0 Å². The Bertz CT molecular complexity index is 850.